The SMILES string of the molecule is C#CCC(N)C(=O)N1CCC(C(=O)NCC)CC1. The molecule has 1 unspecified atom stereocenters. The summed E-state index contributed by atoms with van der Waals surface area (Å²) in [7, 11) is 0. The van der Waals surface area contributed by atoms with Crippen LogP contribution in [-0.4, -0.2) is 42.4 Å². The largest absolute Gasteiger partial charge is 0.356 e. The van der Waals surface area contributed by atoms with Gasteiger partial charge in [0.25, 0.3) is 0 Å². The second-order valence-electron chi connectivity index (χ2n) is 4.51. The number of amides is 2. The Hall–Kier alpha value is -1.54. The third-order valence-corrected chi connectivity index (χ3v) is 3.18. The van der Waals surface area contributed by atoms with Crippen LogP contribution in [0, 0.1) is 18.3 Å². The molecule has 0 aromatic carbocycles. The number of carbonyl (C=O) groups excluding carboxylic acids is 2. The molecule has 0 bridgehead atoms. The molecular weight excluding hydrogens is 230 g/mol. The maximum Gasteiger partial charge on any atom is 0.240 e. The summed E-state index contributed by atoms with van der Waals surface area (Å²) < 4.78 is 0. The van der Waals surface area contributed by atoms with Crippen LogP contribution >= 0.6 is 0 Å². The van der Waals surface area contributed by atoms with Gasteiger partial charge in [-0.3, -0.25) is 9.59 Å². The highest BCUT2D eigenvalue weighted by Gasteiger charge is 2.28. The monoisotopic (exact) mass is 251 g/mol. The van der Waals surface area contributed by atoms with Crippen molar-refractivity contribution in [2.75, 3.05) is 19.6 Å². The molecule has 1 heterocycles. The van der Waals surface area contributed by atoms with E-state index in [0.29, 0.717) is 32.5 Å². The van der Waals surface area contributed by atoms with Gasteiger partial charge in [0.15, 0.2) is 0 Å². The number of nitrogens with one attached hydrogen (secondary N) is 1. The van der Waals surface area contributed by atoms with E-state index in [9.17, 15) is 9.59 Å². The summed E-state index contributed by atoms with van der Waals surface area (Å²) in [6.45, 7) is 3.71. The van der Waals surface area contributed by atoms with E-state index in [1.807, 2.05) is 6.92 Å². The molecule has 1 aliphatic heterocycles. The van der Waals surface area contributed by atoms with Gasteiger partial charge in [-0.2, -0.15) is 0 Å². The Bertz CT molecular complexity index is 341. The van der Waals surface area contributed by atoms with E-state index in [-0.39, 0.29) is 24.2 Å². The number of nitrogens with two attached hydrogens (primary N) is 1. The van der Waals surface area contributed by atoms with Crippen LogP contribution in [0.3, 0.4) is 0 Å². The second-order valence-corrected chi connectivity index (χ2v) is 4.51. The molecular formula is C13H21N3O2. The molecule has 2 amide bonds. The number of nitrogens with zero attached hydrogens (tertiary/aromatic N) is 1. The molecule has 0 saturated carbocycles. The molecule has 1 saturated heterocycles. The van der Waals surface area contributed by atoms with E-state index in [1.165, 1.54) is 0 Å². The van der Waals surface area contributed by atoms with Crippen molar-refractivity contribution < 1.29 is 9.59 Å². The minimum absolute atomic E-state index is 0.0119. The Labute approximate surface area is 108 Å². The number of rotatable bonds is 4. The molecule has 18 heavy (non-hydrogen) atoms. The van der Waals surface area contributed by atoms with Gasteiger partial charge in [0.1, 0.15) is 0 Å². The van der Waals surface area contributed by atoms with Gasteiger partial charge in [0.05, 0.1) is 6.04 Å². The van der Waals surface area contributed by atoms with Crippen molar-refractivity contribution in [3.05, 3.63) is 0 Å². The lowest BCUT2D eigenvalue weighted by Gasteiger charge is -2.32. The van der Waals surface area contributed by atoms with E-state index in [1.54, 1.807) is 4.90 Å². The molecule has 5 nitrogen and oxygen atoms in total. The highest BCUT2D eigenvalue weighted by molar-refractivity contribution is 5.83. The lowest BCUT2D eigenvalue weighted by Crippen LogP contribution is -2.48. The summed E-state index contributed by atoms with van der Waals surface area (Å²) >= 11 is 0. The fraction of sp³-hybridized carbons (Fsp3) is 0.692. The zero-order valence-corrected chi connectivity index (χ0v) is 10.8. The lowest BCUT2D eigenvalue weighted by molar-refractivity contribution is -0.136. The third-order valence-electron chi connectivity index (χ3n) is 3.18. The molecule has 0 aromatic rings. The van der Waals surface area contributed by atoms with E-state index in [4.69, 9.17) is 12.2 Å². The van der Waals surface area contributed by atoms with Crippen LogP contribution in [0.2, 0.25) is 0 Å². The number of carbonyl (C=O) groups is 2. The minimum atomic E-state index is -0.615. The predicted molar refractivity (Wildman–Crippen MR) is 69.4 cm³/mol. The highest BCUT2D eigenvalue weighted by atomic mass is 16.2. The molecule has 5 heteroatoms. The molecule has 0 spiro atoms. The van der Waals surface area contributed by atoms with Gasteiger partial charge in [-0.05, 0) is 19.8 Å². The topological polar surface area (TPSA) is 75.4 Å². The summed E-state index contributed by atoms with van der Waals surface area (Å²) in [6, 6.07) is -0.615. The highest BCUT2D eigenvalue weighted by Crippen LogP contribution is 2.18. The molecule has 1 rings (SSSR count). The van der Waals surface area contributed by atoms with Gasteiger partial charge in [-0.25, -0.2) is 0 Å². The number of likely N-dealkylation sites (tertiary alicyclic amines) is 1. The van der Waals surface area contributed by atoms with Crippen LogP contribution in [0.25, 0.3) is 0 Å². The molecule has 0 radical (unpaired) electrons. The molecule has 3 N–H and O–H groups in total. The Morgan fingerprint density at radius 2 is 2.11 bits per heavy atom. The maximum atomic E-state index is 11.9. The van der Waals surface area contributed by atoms with Crippen molar-refractivity contribution in [3.63, 3.8) is 0 Å². The van der Waals surface area contributed by atoms with E-state index in [0.717, 1.165) is 0 Å². The fourth-order valence-corrected chi connectivity index (χ4v) is 2.13. The van der Waals surface area contributed by atoms with Gasteiger partial charge in [0, 0.05) is 32.0 Å². The predicted octanol–water partition coefficient (Wildman–Crippen LogP) is -0.288. The zero-order chi connectivity index (χ0) is 13.5. The van der Waals surface area contributed by atoms with E-state index >= 15 is 0 Å². The zero-order valence-electron chi connectivity index (χ0n) is 10.8. The molecule has 1 aliphatic rings. The number of hydrogen-bond acceptors (Lipinski definition) is 3. The van der Waals surface area contributed by atoms with Crippen molar-refractivity contribution >= 4 is 11.8 Å². The Kier molecular flexibility index (Phi) is 5.66. The molecule has 0 aromatic heterocycles. The van der Waals surface area contributed by atoms with Gasteiger partial charge in [0.2, 0.25) is 11.8 Å². The smallest absolute Gasteiger partial charge is 0.240 e. The first-order valence-corrected chi connectivity index (χ1v) is 6.35. The standard InChI is InChI=1S/C13H21N3O2/c1-3-5-11(14)13(18)16-8-6-10(7-9-16)12(17)15-4-2/h1,10-11H,4-9,14H2,2H3,(H,15,17). The molecule has 1 atom stereocenters. The molecule has 100 valence electrons. The summed E-state index contributed by atoms with van der Waals surface area (Å²) in [6.07, 6.45) is 6.79. The summed E-state index contributed by atoms with van der Waals surface area (Å²) in [5.74, 6) is 2.38. The quantitative estimate of drug-likeness (QED) is 0.674. The van der Waals surface area contributed by atoms with Gasteiger partial charge >= 0.3 is 0 Å². The van der Waals surface area contributed by atoms with Crippen molar-refractivity contribution in [1.82, 2.24) is 10.2 Å². The Morgan fingerprint density at radius 1 is 1.50 bits per heavy atom. The van der Waals surface area contributed by atoms with Gasteiger partial charge in [-0.15, -0.1) is 12.3 Å². The maximum absolute atomic E-state index is 11.9. The van der Waals surface area contributed by atoms with Crippen LogP contribution in [0.4, 0.5) is 0 Å². The van der Waals surface area contributed by atoms with E-state index < -0.39 is 6.04 Å². The first-order chi connectivity index (χ1) is 8.60. The summed E-state index contributed by atoms with van der Waals surface area (Å²) in [5.41, 5.74) is 5.69. The van der Waals surface area contributed by atoms with E-state index in [2.05, 4.69) is 11.2 Å². The molecule has 0 aliphatic carbocycles. The minimum Gasteiger partial charge on any atom is -0.356 e. The Morgan fingerprint density at radius 3 is 2.61 bits per heavy atom. The first-order valence-electron chi connectivity index (χ1n) is 6.35. The summed E-state index contributed by atoms with van der Waals surface area (Å²) in [5, 5.41) is 2.81. The lowest BCUT2D eigenvalue weighted by atomic mass is 9.95. The second kappa shape index (κ2) is 7.02. The number of piperidine rings is 1. The van der Waals surface area contributed by atoms with Crippen LogP contribution < -0.4 is 11.1 Å². The third kappa shape index (κ3) is 3.74. The van der Waals surface area contributed by atoms with Crippen LogP contribution in [0.1, 0.15) is 26.2 Å². The molecule has 1 fully saturated rings. The van der Waals surface area contributed by atoms with Gasteiger partial charge in [-0.1, -0.05) is 0 Å². The van der Waals surface area contributed by atoms with Crippen molar-refractivity contribution in [2.24, 2.45) is 11.7 Å². The number of hydrogen-bond donors (Lipinski definition) is 2. The van der Waals surface area contributed by atoms with Crippen molar-refractivity contribution in [3.8, 4) is 12.3 Å². The van der Waals surface area contributed by atoms with Crippen LogP contribution in [0.15, 0.2) is 0 Å². The normalized spacial score (nSPS) is 17.9. The van der Waals surface area contributed by atoms with Crippen LogP contribution in [0.5, 0.6) is 0 Å². The first kappa shape index (κ1) is 14.5. The van der Waals surface area contributed by atoms with Crippen molar-refractivity contribution in [1.29, 1.82) is 0 Å². The summed E-state index contributed by atoms with van der Waals surface area (Å²) in [4.78, 5) is 25.2. The number of terminal acetylenes is 1. The van der Waals surface area contributed by atoms with Gasteiger partial charge < -0.3 is 16.0 Å². The van der Waals surface area contributed by atoms with Crippen molar-refractivity contribution in [2.45, 2.75) is 32.2 Å². The average Bonchev–Trinajstić information content (AvgIpc) is 2.38. The average molecular weight is 251 g/mol. The Balaban J connectivity index is 2.42. The fourth-order valence-electron chi connectivity index (χ4n) is 2.13. The van der Waals surface area contributed by atoms with Crippen LogP contribution in [-0.2, 0) is 9.59 Å².